The van der Waals surface area contributed by atoms with Gasteiger partial charge in [-0.25, -0.2) is 4.79 Å². The Bertz CT molecular complexity index is 320. The number of likely N-dealkylation sites (N-methyl/N-ethyl adjacent to an activating group) is 2. The highest BCUT2D eigenvalue weighted by Crippen LogP contribution is 2.24. The van der Waals surface area contributed by atoms with Crippen LogP contribution in [0.5, 0.6) is 0 Å². The van der Waals surface area contributed by atoms with Crippen LogP contribution in [0.4, 0.5) is 4.79 Å². The van der Waals surface area contributed by atoms with E-state index in [1.165, 1.54) is 0 Å². The third-order valence-electron chi connectivity index (χ3n) is 3.58. The number of nitrogens with zero attached hydrogens (tertiary/aromatic N) is 2. The quantitative estimate of drug-likeness (QED) is 0.777. The summed E-state index contributed by atoms with van der Waals surface area (Å²) in [6.45, 7) is 1.47. The average Bonchev–Trinajstić information content (AvgIpc) is 2.36. The van der Waals surface area contributed by atoms with Gasteiger partial charge in [-0.1, -0.05) is 6.42 Å². The molecule has 1 saturated carbocycles. The Morgan fingerprint density at radius 1 is 1.21 bits per heavy atom. The lowest BCUT2D eigenvalue weighted by Crippen LogP contribution is -2.47. The number of carboxylic acids is 1. The standard InChI is InChI=1S/C13H25N3O3/c1-15(2)7-8-16(3)13(19)14-11-6-4-5-10(9-11)12(17)18/h10-11H,4-9H2,1-3H3,(H,14,19)(H,17,18). The molecule has 0 spiro atoms. The lowest BCUT2D eigenvalue weighted by molar-refractivity contribution is -0.143. The zero-order valence-electron chi connectivity index (χ0n) is 12.1. The number of hydrogen-bond acceptors (Lipinski definition) is 3. The average molecular weight is 271 g/mol. The largest absolute Gasteiger partial charge is 0.481 e. The summed E-state index contributed by atoms with van der Waals surface area (Å²) >= 11 is 0. The van der Waals surface area contributed by atoms with Gasteiger partial charge >= 0.3 is 12.0 Å². The first-order valence-corrected chi connectivity index (χ1v) is 6.79. The lowest BCUT2D eigenvalue weighted by Gasteiger charge is -2.29. The molecule has 0 aromatic carbocycles. The van der Waals surface area contributed by atoms with Crippen LogP contribution in [-0.4, -0.2) is 67.2 Å². The van der Waals surface area contributed by atoms with Crippen LogP contribution in [0.15, 0.2) is 0 Å². The van der Waals surface area contributed by atoms with Crippen LogP contribution >= 0.6 is 0 Å². The van der Waals surface area contributed by atoms with E-state index in [0.29, 0.717) is 13.0 Å². The molecule has 6 heteroatoms. The van der Waals surface area contributed by atoms with Crippen LogP contribution in [0.1, 0.15) is 25.7 Å². The van der Waals surface area contributed by atoms with Crippen molar-refractivity contribution in [3.63, 3.8) is 0 Å². The fourth-order valence-electron chi connectivity index (χ4n) is 2.28. The Labute approximate surface area is 114 Å². The second kappa shape index (κ2) is 7.33. The molecule has 1 fully saturated rings. The Kier molecular flexibility index (Phi) is 6.08. The van der Waals surface area contributed by atoms with E-state index >= 15 is 0 Å². The fourth-order valence-corrected chi connectivity index (χ4v) is 2.28. The smallest absolute Gasteiger partial charge is 0.317 e. The van der Waals surface area contributed by atoms with Crippen LogP contribution < -0.4 is 5.32 Å². The van der Waals surface area contributed by atoms with Gasteiger partial charge < -0.3 is 20.2 Å². The fraction of sp³-hybridized carbons (Fsp3) is 0.846. The monoisotopic (exact) mass is 271 g/mol. The van der Waals surface area contributed by atoms with Gasteiger partial charge in [0.1, 0.15) is 0 Å². The third-order valence-corrected chi connectivity index (χ3v) is 3.58. The molecule has 0 radical (unpaired) electrons. The van der Waals surface area contributed by atoms with E-state index < -0.39 is 5.97 Å². The molecular formula is C13H25N3O3. The first-order chi connectivity index (χ1) is 8.90. The number of hydrogen-bond donors (Lipinski definition) is 2. The topological polar surface area (TPSA) is 72.9 Å². The number of nitrogens with one attached hydrogen (secondary N) is 1. The molecule has 0 saturated heterocycles. The number of amides is 2. The molecule has 0 heterocycles. The maximum atomic E-state index is 11.9. The van der Waals surface area contributed by atoms with Crippen molar-refractivity contribution in [3.05, 3.63) is 0 Å². The second-order valence-corrected chi connectivity index (χ2v) is 5.57. The van der Waals surface area contributed by atoms with E-state index in [9.17, 15) is 9.59 Å². The van der Waals surface area contributed by atoms with E-state index in [-0.39, 0.29) is 18.0 Å². The van der Waals surface area contributed by atoms with Gasteiger partial charge in [-0.2, -0.15) is 0 Å². The summed E-state index contributed by atoms with van der Waals surface area (Å²) in [6, 6.07) is -0.123. The summed E-state index contributed by atoms with van der Waals surface area (Å²) < 4.78 is 0. The number of carboxylic acid groups (broad SMARTS) is 1. The molecule has 2 N–H and O–H groups in total. The maximum absolute atomic E-state index is 11.9. The number of urea groups is 1. The first-order valence-electron chi connectivity index (χ1n) is 6.79. The van der Waals surface area contributed by atoms with Gasteiger partial charge in [0.05, 0.1) is 5.92 Å². The van der Waals surface area contributed by atoms with Crippen LogP contribution in [-0.2, 0) is 4.79 Å². The summed E-state index contributed by atoms with van der Waals surface area (Å²) in [6.07, 6.45) is 3.00. The van der Waals surface area contributed by atoms with E-state index in [4.69, 9.17) is 5.11 Å². The summed E-state index contributed by atoms with van der Waals surface area (Å²) in [7, 11) is 5.69. The third kappa shape index (κ3) is 5.46. The Hall–Kier alpha value is -1.30. The molecule has 110 valence electrons. The molecule has 2 atom stereocenters. The Balaban J connectivity index is 2.36. The summed E-state index contributed by atoms with van der Waals surface area (Å²) in [5, 5.41) is 11.9. The SMILES string of the molecule is CN(C)CCN(C)C(=O)NC1CCCC(C(=O)O)C1. The summed E-state index contributed by atoms with van der Waals surface area (Å²) in [5.74, 6) is -1.06. The van der Waals surface area contributed by atoms with Crippen LogP contribution in [0, 0.1) is 5.92 Å². The van der Waals surface area contributed by atoms with Crippen molar-refractivity contribution in [1.29, 1.82) is 0 Å². The predicted molar refractivity (Wildman–Crippen MR) is 73.1 cm³/mol. The van der Waals surface area contributed by atoms with Gasteiger partial charge in [0.2, 0.25) is 0 Å². The Morgan fingerprint density at radius 2 is 1.89 bits per heavy atom. The molecule has 1 aliphatic rings. The van der Waals surface area contributed by atoms with Gasteiger partial charge in [0.25, 0.3) is 0 Å². The molecule has 0 aromatic rings. The van der Waals surface area contributed by atoms with Crippen molar-refractivity contribution in [2.75, 3.05) is 34.2 Å². The lowest BCUT2D eigenvalue weighted by atomic mass is 9.86. The van der Waals surface area contributed by atoms with Crippen molar-refractivity contribution in [2.45, 2.75) is 31.7 Å². The van der Waals surface area contributed by atoms with Gasteiger partial charge in [0.15, 0.2) is 0 Å². The van der Waals surface area contributed by atoms with Crippen molar-refractivity contribution >= 4 is 12.0 Å². The molecule has 1 aliphatic carbocycles. The maximum Gasteiger partial charge on any atom is 0.317 e. The molecule has 1 rings (SSSR count). The van der Waals surface area contributed by atoms with E-state index in [0.717, 1.165) is 25.8 Å². The molecule has 0 bridgehead atoms. The zero-order chi connectivity index (χ0) is 14.4. The highest BCUT2D eigenvalue weighted by Gasteiger charge is 2.28. The summed E-state index contributed by atoms with van der Waals surface area (Å²) in [5.41, 5.74) is 0. The molecule has 6 nitrogen and oxygen atoms in total. The van der Waals surface area contributed by atoms with Crippen molar-refractivity contribution < 1.29 is 14.7 Å². The highest BCUT2D eigenvalue weighted by atomic mass is 16.4. The van der Waals surface area contributed by atoms with Crippen molar-refractivity contribution in [3.8, 4) is 0 Å². The molecule has 2 amide bonds. The van der Waals surface area contributed by atoms with Crippen LogP contribution in [0.3, 0.4) is 0 Å². The van der Waals surface area contributed by atoms with Gasteiger partial charge in [-0.15, -0.1) is 0 Å². The number of rotatable bonds is 5. The van der Waals surface area contributed by atoms with Gasteiger partial charge in [-0.05, 0) is 33.4 Å². The minimum absolute atomic E-state index is 0.0100. The van der Waals surface area contributed by atoms with E-state index in [1.807, 2.05) is 19.0 Å². The molecule has 2 unspecified atom stereocenters. The normalized spacial score (nSPS) is 23.2. The number of carbonyl (C=O) groups is 2. The zero-order valence-corrected chi connectivity index (χ0v) is 12.1. The molecule has 0 aromatic heterocycles. The van der Waals surface area contributed by atoms with Gasteiger partial charge in [0, 0.05) is 26.2 Å². The number of aliphatic carboxylic acids is 1. The minimum atomic E-state index is -0.750. The summed E-state index contributed by atoms with van der Waals surface area (Å²) in [4.78, 5) is 26.6. The number of carbonyl (C=O) groups excluding carboxylic acids is 1. The van der Waals surface area contributed by atoms with Gasteiger partial charge in [-0.3, -0.25) is 4.79 Å². The van der Waals surface area contributed by atoms with Crippen LogP contribution in [0.2, 0.25) is 0 Å². The van der Waals surface area contributed by atoms with E-state index in [1.54, 1.807) is 11.9 Å². The van der Waals surface area contributed by atoms with E-state index in [2.05, 4.69) is 5.32 Å². The predicted octanol–water partition coefficient (Wildman–Crippen LogP) is 0.833. The first kappa shape index (κ1) is 15.8. The highest BCUT2D eigenvalue weighted by molar-refractivity contribution is 5.74. The molecular weight excluding hydrogens is 246 g/mol. The van der Waals surface area contributed by atoms with Crippen molar-refractivity contribution in [1.82, 2.24) is 15.1 Å². The van der Waals surface area contributed by atoms with Crippen molar-refractivity contribution in [2.24, 2.45) is 5.92 Å². The second-order valence-electron chi connectivity index (χ2n) is 5.57. The minimum Gasteiger partial charge on any atom is -0.481 e. The molecule has 19 heavy (non-hydrogen) atoms. The Morgan fingerprint density at radius 3 is 2.47 bits per heavy atom. The molecule has 0 aliphatic heterocycles. The van der Waals surface area contributed by atoms with Crippen LogP contribution in [0.25, 0.3) is 0 Å².